The Balaban J connectivity index is 1.57. The number of aromatic amines is 1. The summed E-state index contributed by atoms with van der Waals surface area (Å²) in [6.45, 7) is 2.92. The summed E-state index contributed by atoms with van der Waals surface area (Å²) in [6, 6.07) is 9.19. The number of fused-ring (bicyclic) bond motifs is 3. The molecular formula is C19H20N2O4. The minimum absolute atomic E-state index is 0.321. The molecule has 0 spiro atoms. The molecule has 0 saturated heterocycles. The smallest absolute Gasteiger partial charge is 0.335 e. The summed E-state index contributed by atoms with van der Waals surface area (Å²) in [5.41, 5.74) is 3.71. The number of ether oxygens (including phenoxy) is 1. The molecule has 130 valence electrons. The third-order valence-corrected chi connectivity index (χ3v) is 4.68. The van der Waals surface area contributed by atoms with Crippen LogP contribution in [-0.4, -0.2) is 34.6 Å². The zero-order valence-electron chi connectivity index (χ0n) is 14.0. The number of aromatic nitrogens is 1. The van der Waals surface area contributed by atoms with Crippen molar-refractivity contribution in [2.45, 2.75) is 26.1 Å². The maximum Gasteiger partial charge on any atom is 0.335 e. The molecule has 0 atom stereocenters. The Labute approximate surface area is 145 Å². The third-order valence-electron chi connectivity index (χ3n) is 4.68. The molecule has 1 aliphatic rings. The van der Waals surface area contributed by atoms with Gasteiger partial charge in [-0.2, -0.15) is 0 Å². The number of methoxy groups -OCH3 is 1. The fourth-order valence-corrected chi connectivity index (χ4v) is 3.49. The zero-order valence-corrected chi connectivity index (χ0v) is 14.0. The predicted molar refractivity (Wildman–Crippen MR) is 92.5 cm³/mol. The van der Waals surface area contributed by atoms with Crippen LogP contribution in [0.25, 0.3) is 10.9 Å². The van der Waals surface area contributed by atoms with Crippen molar-refractivity contribution in [2.24, 2.45) is 0 Å². The van der Waals surface area contributed by atoms with Crippen LogP contribution in [0.5, 0.6) is 0 Å². The van der Waals surface area contributed by atoms with E-state index in [0.717, 1.165) is 48.5 Å². The molecule has 4 rings (SSSR count). The second-order valence-electron chi connectivity index (χ2n) is 6.41. The van der Waals surface area contributed by atoms with E-state index in [-0.39, 0.29) is 0 Å². The third kappa shape index (κ3) is 3.06. The van der Waals surface area contributed by atoms with Gasteiger partial charge in [-0.05, 0) is 35.9 Å². The highest BCUT2D eigenvalue weighted by atomic mass is 16.5. The second-order valence-corrected chi connectivity index (χ2v) is 6.41. The minimum Gasteiger partial charge on any atom is -0.478 e. The van der Waals surface area contributed by atoms with Crippen molar-refractivity contribution in [1.29, 1.82) is 0 Å². The highest BCUT2D eigenvalue weighted by molar-refractivity contribution is 5.95. The molecule has 0 amide bonds. The van der Waals surface area contributed by atoms with Crippen molar-refractivity contribution in [3.63, 3.8) is 0 Å². The number of hydrogen-bond acceptors (Lipinski definition) is 4. The largest absolute Gasteiger partial charge is 0.478 e. The van der Waals surface area contributed by atoms with Gasteiger partial charge < -0.3 is 19.2 Å². The standard InChI is InChI=1S/C19H20N2O4/c1-24-11-14-4-3-13(25-14)9-21-7-6-18-16(10-21)15-8-12(19(22)23)2-5-17(15)20-18/h2-5,8,20H,6-7,9-11H2,1H3,(H,22,23). The lowest BCUT2D eigenvalue weighted by Crippen LogP contribution is -2.29. The van der Waals surface area contributed by atoms with Gasteiger partial charge in [-0.15, -0.1) is 0 Å². The molecular weight excluding hydrogens is 320 g/mol. The average Bonchev–Trinajstić information content (AvgIpc) is 3.18. The summed E-state index contributed by atoms with van der Waals surface area (Å²) >= 11 is 0. The topological polar surface area (TPSA) is 78.7 Å². The Morgan fingerprint density at radius 2 is 2.16 bits per heavy atom. The van der Waals surface area contributed by atoms with Gasteiger partial charge in [-0.3, -0.25) is 4.90 Å². The van der Waals surface area contributed by atoms with E-state index in [1.54, 1.807) is 19.2 Å². The molecule has 3 aromatic rings. The zero-order chi connectivity index (χ0) is 17.4. The lowest BCUT2D eigenvalue weighted by molar-refractivity contribution is 0.0697. The molecule has 0 fully saturated rings. The van der Waals surface area contributed by atoms with Gasteiger partial charge in [0, 0.05) is 43.2 Å². The van der Waals surface area contributed by atoms with Gasteiger partial charge in [0.05, 0.1) is 12.1 Å². The Morgan fingerprint density at radius 1 is 1.32 bits per heavy atom. The van der Waals surface area contributed by atoms with Crippen LogP contribution in [0.4, 0.5) is 0 Å². The number of H-pyrrole nitrogens is 1. The lowest BCUT2D eigenvalue weighted by Gasteiger charge is -2.26. The summed E-state index contributed by atoms with van der Waals surface area (Å²) in [5.74, 6) is 0.848. The SMILES string of the molecule is COCc1ccc(CN2CCc3[nH]c4ccc(C(=O)O)cc4c3C2)o1. The number of nitrogens with one attached hydrogen (secondary N) is 1. The molecule has 0 aliphatic carbocycles. The van der Waals surface area contributed by atoms with Crippen LogP contribution in [0.3, 0.4) is 0 Å². The molecule has 1 aromatic carbocycles. The molecule has 6 nitrogen and oxygen atoms in total. The minimum atomic E-state index is -0.897. The van der Waals surface area contributed by atoms with Crippen molar-refractivity contribution < 1.29 is 19.1 Å². The molecule has 3 heterocycles. The molecule has 1 aliphatic heterocycles. The Hall–Kier alpha value is -2.57. The summed E-state index contributed by atoms with van der Waals surface area (Å²) in [5, 5.41) is 10.2. The summed E-state index contributed by atoms with van der Waals surface area (Å²) in [7, 11) is 1.65. The van der Waals surface area contributed by atoms with Crippen LogP contribution < -0.4 is 0 Å². The first-order valence-corrected chi connectivity index (χ1v) is 8.29. The molecule has 2 aromatic heterocycles. The molecule has 0 unspecified atom stereocenters. The summed E-state index contributed by atoms with van der Waals surface area (Å²) in [6.07, 6.45) is 0.915. The van der Waals surface area contributed by atoms with E-state index < -0.39 is 5.97 Å². The first kappa shape index (κ1) is 15.9. The fraction of sp³-hybridized carbons (Fsp3) is 0.316. The maximum atomic E-state index is 11.3. The average molecular weight is 340 g/mol. The van der Waals surface area contributed by atoms with Gasteiger partial charge in [0.2, 0.25) is 0 Å². The number of rotatable bonds is 5. The number of hydrogen-bond donors (Lipinski definition) is 2. The van der Waals surface area contributed by atoms with Crippen molar-refractivity contribution in [3.05, 3.63) is 58.7 Å². The monoisotopic (exact) mass is 340 g/mol. The number of furan rings is 1. The lowest BCUT2D eigenvalue weighted by atomic mass is 10.0. The first-order chi connectivity index (χ1) is 12.1. The van der Waals surface area contributed by atoms with Crippen molar-refractivity contribution in [1.82, 2.24) is 9.88 Å². The van der Waals surface area contributed by atoms with Crippen LogP contribution in [0.1, 0.15) is 33.1 Å². The van der Waals surface area contributed by atoms with Gasteiger partial charge in [0.1, 0.15) is 18.1 Å². The van der Waals surface area contributed by atoms with Crippen molar-refractivity contribution in [2.75, 3.05) is 13.7 Å². The van der Waals surface area contributed by atoms with Crippen molar-refractivity contribution in [3.8, 4) is 0 Å². The van der Waals surface area contributed by atoms with E-state index in [9.17, 15) is 9.90 Å². The van der Waals surface area contributed by atoms with E-state index in [2.05, 4.69) is 9.88 Å². The number of aromatic carboxylic acids is 1. The highest BCUT2D eigenvalue weighted by Crippen LogP contribution is 2.29. The molecule has 25 heavy (non-hydrogen) atoms. The van der Waals surface area contributed by atoms with E-state index in [1.165, 1.54) is 11.3 Å². The van der Waals surface area contributed by atoms with Gasteiger partial charge in [0.25, 0.3) is 0 Å². The molecule has 0 bridgehead atoms. The fourth-order valence-electron chi connectivity index (χ4n) is 3.49. The van der Waals surface area contributed by atoms with E-state index in [4.69, 9.17) is 9.15 Å². The van der Waals surface area contributed by atoms with E-state index in [0.29, 0.717) is 12.2 Å². The van der Waals surface area contributed by atoms with Crippen LogP contribution >= 0.6 is 0 Å². The Morgan fingerprint density at radius 3 is 2.96 bits per heavy atom. The second kappa shape index (κ2) is 6.38. The summed E-state index contributed by atoms with van der Waals surface area (Å²) < 4.78 is 10.9. The number of carbonyl (C=O) groups is 1. The molecule has 2 N–H and O–H groups in total. The molecule has 6 heteroatoms. The number of benzene rings is 1. The van der Waals surface area contributed by atoms with Gasteiger partial charge >= 0.3 is 5.97 Å². The van der Waals surface area contributed by atoms with Gasteiger partial charge in [-0.25, -0.2) is 4.79 Å². The maximum absolute atomic E-state index is 11.3. The van der Waals surface area contributed by atoms with E-state index >= 15 is 0 Å². The van der Waals surface area contributed by atoms with Crippen molar-refractivity contribution >= 4 is 16.9 Å². The van der Waals surface area contributed by atoms with E-state index in [1.807, 2.05) is 18.2 Å². The predicted octanol–water partition coefficient (Wildman–Crippen LogP) is 3.16. The highest BCUT2D eigenvalue weighted by Gasteiger charge is 2.22. The van der Waals surface area contributed by atoms with Crippen LogP contribution in [0.2, 0.25) is 0 Å². The summed E-state index contributed by atoms with van der Waals surface area (Å²) in [4.78, 5) is 17.0. The normalized spacial score (nSPS) is 14.8. The molecule has 0 saturated carbocycles. The first-order valence-electron chi connectivity index (χ1n) is 8.29. The number of carboxylic acid groups (broad SMARTS) is 1. The number of carboxylic acids is 1. The Bertz CT molecular complexity index is 925. The Kier molecular flexibility index (Phi) is 4.07. The molecule has 0 radical (unpaired) electrons. The van der Waals surface area contributed by atoms with Gasteiger partial charge in [0.15, 0.2) is 0 Å². The van der Waals surface area contributed by atoms with Gasteiger partial charge in [-0.1, -0.05) is 0 Å². The van der Waals surface area contributed by atoms with Crippen LogP contribution in [-0.2, 0) is 30.9 Å². The van der Waals surface area contributed by atoms with Crippen LogP contribution in [0.15, 0.2) is 34.7 Å². The van der Waals surface area contributed by atoms with Crippen LogP contribution in [0, 0.1) is 0 Å². The number of nitrogens with zero attached hydrogens (tertiary/aromatic N) is 1. The quantitative estimate of drug-likeness (QED) is 0.746.